The number of thioether (sulfide) groups is 1. The first kappa shape index (κ1) is 13.7. The Morgan fingerprint density at radius 3 is 2.75 bits per heavy atom. The fraction of sp³-hybridized carbons (Fsp3) is 0.294. The third-order valence-corrected chi connectivity index (χ3v) is 5.09. The summed E-state index contributed by atoms with van der Waals surface area (Å²) >= 11 is 1.94. The van der Waals surface area contributed by atoms with Crippen molar-refractivity contribution in [1.29, 1.82) is 0 Å². The van der Waals surface area contributed by atoms with E-state index in [4.69, 9.17) is 0 Å². The van der Waals surface area contributed by atoms with Gasteiger partial charge in [0, 0.05) is 29.2 Å². The standard InChI is InChI=1S/C17H18FNS/c1-12(13-6-8-15(18)9-7-13)19-10-14-11-20-17-5-3-2-4-16(14)17/h2-9,12,14,19H,10-11H2,1H3/t12-,14?/m1/s1. The predicted octanol–water partition coefficient (Wildman–Crippen LogP) is 4.37. The second kappa shape index (κ2) is 5.98. The number of rotatable bonds is 4. The zero-order valence-corrected chi connectivity index (χ0v) is 12.3. The van der Waals surface area contributed by atoms with Crippen molar-refractivity contribution < 1.29 is 4.39 Å². The molecule has 0 fully saturated rings. The van der Waals surface area contributed by atoms with Crippen molar-refractivity contribution in [2.24, 2.45) is 0 Å². The maximum Gasteiger partial charge on any atom is 0.123 e. The summed E-state index contributed by atoms with van der Waals surface area (Å²) in [5.41, 5.74) is 2.58. The molecule has 2 aromatic rings. The van der Waals surface area contributed by atoms with Gasteiger partial charge in [0.1, 0.15) is 5.82 Å². The number of nitrogens with one attached hydrogen (secondary N) is 1. The van der Waals surface area contributed by atoms with E-state index in [0.29, 0.717) is 5.92 Å². The highest BCUT2D eigenvalue weighted by Gasteiger charge is 2.22. The van der Waals surface area contributed by atoms with E-state index in [1.165, 1.54) is 22.6 Å². The van der Waals surface area contributed by atoms with Gasteiger partial charge in [-0.05, 0) is 36.2 Å². The van der Waals surface area contributed by atoms with Gasteiger partial charge in [-0.15, -0.1) is 11.8 Å². The van der Waals surface area contributed by atoms with E-state index in [2.05, 4.69) is 36.5 Å². The van der Waals surface area contributed by atoms with Crippen LogP contribution in [0.3, 0.4) is 0 Å². The molecule has 0 radical (unpaired) electrons. The number of hydrogen-bond acceptors (Lipinski definition) is 2. The molecule has 1 nitrogen and oxygen atoms in total. The quantitative estimate of drug-likeness (QED) is 0.896. The summed E-state index contributed by atoms with van der Waals surface area (Å²) in [5.74, 6) is 1.53. The zero-order valence-electron chi connectivity index (χ0n) is 11.5. The van der Waals surface area contributed by atoms with Crippen LogP contribution in [0.15, 0.2) is 53.4 Å². The summed E-state index contributed by atoms with van der Waals surface area (Å²) in [6.07, 6.45) is 0. The molecule has 0 spiro atoms. The lowest BCUT2D eigenvalue weighted by Gasteiger charge is -2.18. The zero-order chi connectivity index (χ0) is 13.9. The molecule has 0 bridgehead atoms. The highest BCUT2D eigenvalue weighted by molar-refractivity contribution is 7.99. The van der Waals surface area contributed by atoms with Gasteiger partial charge in [0.25, 0.3) is 0 Å². The van der Waals surface area contributed by atoms with E-state index >= 15 is 0 Å². The third-order valence-electron chi connectivity index (χ3n) is 3.84. The summed E-state index contributed by atoms with van der Waals surface area (Å²) in [7, 11) is 0. The number of fused-ring (bicyclic) bond motifs is 1. The summed E-state index contributed by atoms with van der Waals surface area (Å²) in [6, 6.07) is 15.6. The smallest absolute Gasteiger partial charge is 0.123 e. The molecule has 1 N–H and O–H groups in total. The van der Waals surface area contributed by atoms with Gasteiger partial charge in [-0.25, -0.2) is 4.39 Å². The highest BCUT2D eigenvalue weighted by Crippen LogP contribution is 2.39. The van der Waals surface area contributed by atoms with Crippen molar-refractivity contribution >= 4 is 11.8 Å². The SMILES string of the molecule is C[C@@H](NCC1CSc2ccccc21)c1ccc(F)cc1. The monoisotopic (exact) mass is 287 g/mol. The fourth-order valence-corrected chi connectivity index (χ4v) is 3.84. The number of halogens is 1. The van der Waals surface area contributed by atoms with E-state index in [0.717, 1.165) is 17.9 Å². The van der Waals surface area contributed by atoms with Gasteiger partial charge in [0.2, 0.25) is 0 Å². The molecule has 2 aromatic carbocycles. The van der Waals surface area contributed by atoms with Gasteiger partial charge in [0.05, 0.1) is 0 Å². The summed E-state index contributed by atoms with van der Waals surface area (Å²) in [6.45, 7) is 3.09. The van der Waals surface area contributed by atoms with Crippen LogP contribution in [0.25, 0.3) is 0 Å². The van der Waals surface area contributed by atoms with E-state index in [9.17, 15) is 4.39 Å². The summed E-state index contributed by atoms with van der Waals surface area (Å²) in [4.78, 5) is 1.41. The molecule has 0 aromatic heterocycles. The lowest BCUT2D eigenvalue weighted by atomic mass is 10.0. The second-order valence-corrected chi connectivity index (χ2v) is 6.29. The second-order valence-electron chi connectivity index (χ2n) is 5.23. The van der Waals surface area contributed by atoms with Crippen LogP contribution in [0.2, 0.25) is 0 Å². The topological polar surface area (TPSA) is 12.0 Å². The Morgan fingerprint density at radius 2 is 1.95 bits per heavy atom. The van der Waals surface area contributed by atoms with E-state index < -0.39 is 0 Å². The van der Waals surface area contributed by atoms with E-state index in [1.807, 2.05) is 23.9 Å². The molecule has 0 saturated heterocycles. The molecule has 3 heteroatoms. The maximum atomic E-state index is 12.9. The Bertz CT molecular complexity index is 582. The van der Waals surface area contributed by atoms with Crippen LogP contribution < -0.4 is 5.32 Å². The number of hydrogen-bond donors (Lipinski definition) is 1. The lowest BCUT2D eigenvalue weighted by Crippen LogP contribution is -2.24. The van der Waals surface area contributed by atoms with Crippen LogP contribution in [0.4, 0.5) is 4.39 Å². The molecule has 3 rings (SSSR count). The molecular formula is C17H18FNS. The van der Waals surface area contributed by atoms with Crippen LogP contribution in [-0.2, 0) is 0 Å². The normalized spacial score (nSPS) is 18.8. The summed E-state index contributed by atoms with van der Waals surface area (Å²) < 4.78 is 12.9. The molecule has 1 unspecified atom stereocenters. The summed E-state index contributed by atoms with van der Waals surface area (Å²) in [5, 5.41) is 3.57. The Kier molecular flexibility index (Phi) is 4.08. The molecule has 0 saturated carbocycles. The maximum absolute atomic E-state index is 12.9. The van der Waals surface area contributed by atoms with Crippen molar-refractivity contribution in [1.82, 2.24) is 5.32 Å². The molecular weight excluding hydrogens is 269 g/mol. The van der Waals surface area contributed by atoms with Crippen molar-refractivity contribution in [3.8, 4) is 0 Å². The average Bonchev–Trinajstić information content (AvgIpc) is 2.89. The van der Waals surface area contributed by atoms with Crippen LogP contribution in [0, 0.1) is 5.82 Å². The Morgan fingerprint density at radius 1 is 1.20 bits per heavy atom. The minimum Gasteiger partial charge on any atom is -0.310 e. The first-order valence-electron chi connectivity index (χ1n) is 6.94. The molecule has 20 heavy (non-hydrogen) atoms. The minimum atomic E-state index is -0.179. The van der Waals surface area contributed by atoms with Gasteiger partial charge in [-0.1, -0.05) is 30.3 Å². The molecule has 1 aliphatic rings. The molecule has 104 valence electrons. The fourth-order valence-electron chi connectivity index (χ4n) is 2.59. The minimum absolute atomic E-state index is 0.179. The van der Waals surface area contributed by atoms with Gasteiger partial charge in [-0.3, -0.25) is 0 Å². The van der Waals surface area contributed by atoms with Crippen LogP contribution in [0.1, 0.15) is 30.0 Å². The molecule has 0 aliphatic carbocycles. The molecule has 1 aliphatic heterocycles. The average molecular weight is 287 g/mol. The van der Waals surface area contributed by atoms with Crippen LogP contribution in [0.5, 0.6) is 0 Å². The van der Waals surface area contributed by atoms with Crippen molar-refractivity contribution in [2.45, 2.75) is 23.8 Å². The van der Waals surface area contributed by atoms with Crippen LogP contribution in [-0.4, -0.2) is 12.3 Å². The number of benzene rings is 2. The van der Waals surface area contributed by atoms with Gasteiger partial charge < -0.3 is 5.32 Å². The highest BCUT2D eigenvalue weighted by atomic mass is 32.2. The largest absolute Gasteiger partial charge is 0.310 e. The first-order chi connectivity index (χ1) is 9.74. The molecule has 1 heterocycles. The molecule has 2 atom stereocenters. The Labute approximate surface area is 123 Å². The lowest BCUT2D eigenvalue weighted by molar-refractivity contribution is 0.539. The predicted molar refractivity (Wildman–Crippen MR) is 82.7 cm³/mol. The van der Waals surface area contributed by atoms with Gasteiger partial charge in [0.15, 0.2) is 0 Å². The van der Waals surface area contributed by atoms with Crippen LogP contribution >= 0.6 is 11.8 Å². The third kappa shape index (κ3) is 2.89. The molecule has 0 amide bonds. The van der Waals surface area contributed by atoms with Crippen molar-refractivity contribution in [2.75, 3.05) is 12.3 Å². The van der Waals surface area contributed by atoms with E-state index in [1.54, 1.807) is 0 Å². The Hall–Kier alpha value is -1.32. The van der Waals surface area contributed by atoms with E-state index in [-0.39, 0.29) is 11.9 Å². The van der Waals surface area contributed by atoms with Gasteiger partial charge >= 0.3 is 0 Å². The van der Waals surface area contributed by atoms with Crippen molar-refractivity contribution in [3.05, 3.63) is 65.5 Å². The Balaban J connectivity index is 1.62. The first-order valence-corrected chi connectivity index (χ1v) is 7.93. The van der Waals surface area contributed by atoms with Crippen molar-refractivity contribution in [3.63, 3.8) is 0 Å². The van der Waals surface area contributed by atoms with Gasteiger partial charge in [-0.2, -0.15) is 0 Å².